The molecule has 3 rings (SSSR count). The Kier molecular flexibility index (Phi) is 6.18. The van der Waals surface area contributed by atoms with Gasteiger partial charge in [0.2, 0.25) is 0 Å². The van der Waals surface area contributed by atoms with Crippen LogP contribution in [0.2, 0.25) is 5.02 Å². The van der Waals surface area contributed by atoms with Crippen LogP contribution in [0.1, 0.15) is 26.4 Å². The van der Waals surface area contributed by atoms with Crippen LogP contribution in [-0.2, 0) is 6.42 Å². The van der Waals surface area contributed by atoms with Gasteiger partial charge in [-0.15, -0.1) is 0 Å². The normalized spacial score (nSPS) is 10.3. The highest BCUT2D eigenvalue weighted by atomic mass is 35.5. The zero-order valence-corrected chi connectivity index (χ0v) is 15.2. The van der Waals surface area contributed by atoms with Crippen LogP contribution in [-0.4, -0.2) is 23.3 Å². The van der Waals surface area contributed by atoms with E-state index in [0.29, 0.717) is 29.2 Å². The third kappa shape index (κ3) is 5.39. The quantitative estimate of drug-likeness (QED) is 0.681. The van der Waals surface area contributed by atoms with Crippen molar-refractivity contribution >= 4 is 29.1 Å². The van der Waals surface area contributed by atoms with Gasteiger partial charge in [0.25, 0.3) is 11.8 Å². The summed E-state index contributed by atoms with van der Waals surface area (Å²) in [5.74, 6) is -0.622. The second-order valence-electron chi connectivity index (χ2n) is 5.89. The zero-order chi connectivity index (χ0) is 19.1. The maximum atomic E-state index is 12.3. The number of aromatic nitrogens is 1. The molecular weight excluding hydrogens is 362 g/mol. The van der Waals surface area contributed by atoms with E-state index in [2.05, 4.69) is 15.6 Å². The summed E-state index contributed by atoms with van der Waals surface area (Å²) >= 11 is 5.96. The van der Waals surface area contributed by atoms with Crippen molar-refractivity contribution in [2.75, 3.05) is 11.9 Å². The van der Waals surface area contributed by atoms with Gasteiger partial charge in [0, 0.05) is 29.0 Å². The molecule has 5 nitrogen and oxygen atoms in total. The molecule has 0 bridgehead atoms. The fraction of sp³-hybridized carbons (Fsp3) is 0.0952. The summed E-state index contributed by atoms with van der Waals surface area (Å²) in [5, 5.41) is 6.26. The zero-order valence-electron chi connectivity index (χ0n) is 14.5. The molecule has 6 heteroatoms. The first-order chi connectivity index (χ1) is 13.1. The third-order valence-electron chi connectivity index (χ3n) is 3.87. The molecule has 3 aromatic rings. The first kappa shape index (κ1) is 18.6. The Hall–Kier alpha value is -3.18. The van der Waals surface area contributed by atoms with Gasteiger partial charge in [-0.1, -0.05) is 41.9 Å². The van der Waals surface area contributed by atoms with Crippen LogP contribution in [0.5, 0.6) is 0 Å². The van der Waals surface area contributed by atoms with Gasteiger partial charge in [0.15, 0.2) is 0 Å². The Labute approximate surface area is 162 Å². The Morgan fingerprint density at radius 1 is 0.926 bits per heavy atom. The molecule has 0 atom stereocenters. The number of benzene rings is 2. The minimum atomic E-state index is -0.366. The Morgan fingerprint density at radius 3 is 2.52 bits per heavy atom. The summed E-state index contributed by atoms with van der Waals surface area (Å²) in [4.78, 5) is 28.7. The molecule has 0 saturated carbocycles. The average Bonchev–Trinajstić information content (AvgIpc) is 2.69. The highest BCUT2D eigenvalue weighted by Gasteiger charge is 2.12. The van der Waals surface area contributed by atoms with E-state index in [1.165, 1.54) is 12.3 Å². The molecule has 0 unspecified atom stereocenters. The van der Waals surface area contributed by atoms with Gasteiger partial charge in [-0.2, -0.15) is 0 Å². The van der Waals surface area contributed by atoms with Crippen LogP contribution in [0, 0.1) is 0 Å². The number of nitrogens with one attached hydrogen (secondary N) is 2. The number of halogens is 1. The van der Waals surface area contributed by atoms with E-state index in [4.69, 9.17) is 11.6 Å². The van der Waals surface area contributed by atoms with Crippen molar-refractivity contribution in [3.63, 3.8) is 0 Å². The molecule has 0 aliphatic heterocycles. The van der Waals surface area contributed by atoms with E-state index in [9.17, 15) is 9.59 Å². The molecule has 1 aromatic heterocycles. The lowest BCUT2D eigenvalue weighted by molar-refractivity contribution is 0.0954. The monoisotopic (exact) mass is 379 g/mol. The second kappa shape index (κ2) is 8.96. The van der Waals surface area contributed by atoms with Crippen LogP contribution < -0.4 is 10.6 Å². The molecule has 2 N–H and O–H groups in total. The molecular formula is C21H18ClN3O2. The van der Waals surface area contributed by atoms with Gasteiger partial charge in [-0.25, -0.2) is 0 Å². The Bertz CT molecular complexity index is 945. The fourth-order valence-corrected chi connectivity index (χ4v) is 2.74. The lowest BCUT2D eigenvalue weighted by Gasteiger charge is -2.08. The molecule has 0 aliphatic rings. The van der Waals surface area contributed by atoms with Crippen molar-refractivity contribution in [1.82, 2.24) is 10.3 Å². The van der Waals surface area contributed by atoms with Crippen molar-refractivity contribution in [2.45, 2.75) is 6.42 Å². The number of anilines is 1. The van der Waals surface area contributed by atoms with Gasteiger partial charge in [-0.3, -0.25) is 14.6 Å². The number of hydrogen-bond acceptors (Lipinski definition) is 3. The fourth-order valence-electron chi connectivity index (χ4n) is 2.53. The van der Waals surface area contributed by atoms with Crippen molar-refractivity contribution in [2.24, 2.45) is 0 Å². The summed E-state index contributed by atoms with van der Waals surface area (Å²) in [6.45, 7) is 0.465. The summed E-state index contributed by atoms with van der Waals surface area (Å²) in [6.07, 6.45) is 2.12. The molecule has 0 spiro atoms. The maximum Gasteiger partial charge on any atom is 0.274 e. The predicted molar refractivity (Wildman–Crippen MR) is 106 cm³/mol. The van der Waals surface area contributed by atoms with Gasteiger partial charge >= 0.3 is 0 Å². The Morgan fingerprint density at radius 2 is 1.74 bits per heavy atom. The minimum absolute atomic E-state index is 0.182. The van der Waals surface area contributed by atoms with E-state index in [-0.39, 0.29) is 17.5 Å². The summed E-state index contributed by atoms with van der Waals surface area (Å²) in [6, 6.07) is 19.6. The largest absolute Gasteiger partial charge is 0.352 e. The molecule has 1 heterocycles. The summed E-state index contributed by atoms with van der Waals surface area (Å²) < 4.78 is 0. The smallest absolute Gasteiger partial charge is 0.274 e. The number of amides is 2. The molecule has 0 fully saturated rings. The average molecular weight is 380 g/mol. The number of para-hydroxylation sites is 1. The van der Waals surface area contributed by atoms with Crippen LogP contribution in [0.15, 0.2) is 72.9 Å². The highest BCUT2D eigenvalue weighted by Crippen LogP contribution is 2.11. The van der Waals surface area contributed by atoms with Crippen molar-refractivity contribution in [1.29, 1.82) is 0 Å². The first-order valence-corrected chi connectivity index (χ1v) is 8.85. The van der Waals surface area contributed by atoms with E-state index in [1.807, 2.05) is 42.5 Å². The molecule has 0 aliphatic carbocycles. The Balaban J connectivity index is 1.59. The number of carbonyl (C=O) groups is 2. The molecule has 136 valence electrons. The van der Waals surface area contributed by atoms with Crippen molar-refractivity contribution in [3.05, 3.63) is 94.8 Å². The van der Waals surface area contributed by atoms with Crippen molar-refractivity contribution in [3.8, 4) is 0 Å². The van der Waals surface area contributed by atoms with E-state index >= 15 is 0 Å². The van der Waals surface area contributed by atoms with Crippen LogP contribution >= 0.6 is 11.6 Å². The molecule has 2 aromatic carbocycles. The third-order valence-corrected chi connectivity index (χ3v) is 4.11. The maximum absolute atomic E-state index is 12.3. The van der Waals surface area contributed by atoms with E-state index in [1.54, 1.807) is 18.2 Å². The number of pyridine rings is 1. The molecule has 0 saturated heterocycles. The lowest BCUT2D eigenvalue weighted by Crippen LogP contribution is -2.26. The van der Waals surface area contributed by atoms with Gasteiger partial charge < -0.3 is 10.6 Å². The SMILES string of the molecule is O=C(NCCc1cccc(Cl)c1)c1ccnc(C(=O)Nc2ccccc2)c1. The number of carbonyl (C=O) groups excluding carboxylic acids is 2. The van der Waals surface area contributed by atoms with Crippen molar-refractivity contribution < 1.29 is 9.59 Å². The van der Waals surface area contributed by atoms with Crippen LogP contribution in [0.3, 0.4) is 0 Å². The summed E-state index contributed by atoms with van der Waals surface area (Å²) in [7, 11) is 0. The van der Waals surface area contributed by atoms with Crippen LogP contribution in [0.25, 0.3) is 0 Å². The predicted octanol–water partition coefficient (Wildman–Crippen LogP) is 3.96. The van der Waals surface area contributed by atoms with Crippen LogP contribution in [0.4, 0.5) is 5.69 Å². The number of hydrogen-bond donors (Lipinski definition) is 2. The molecule has 2 amide bonds. The lowest BCUT2D eigenvalue weighted by atomic mass is 10.1. The number of rotatable bonds is 6. The second-order valence-corrected chi connectivity index (χ2v) is 6.32. The first-order valence-electron chi connectivity index (χ1n) is 8.47. The molecule has 27 heavy (non-hydrogen) atoms. The number of nitrogens with zero attached hydrogens (tertiary/aromatic N) is 1. The van der Waals surface area contributed by atoms with Gasteiger partial charge in [0.1, 0.15) is 5.69 Å². The van der Waals surface area contributed by atoms with E-state index in [0.717, 1.165) is 5.56 Å². The minimum Gasteiger partial charge on any atom is -0.352 e. The molecule has 0 radical (unpaired) electrons. The van der Waals surface area contributed by atoms with Gasteiger partial charge in [0.05, 0.1) is 0 Å². The van der Waals surface area contributed by atoms with Gasteiger partial charge in [-0.05, 0) is 48.4 Å². The topological polar surface area (TPSA) is 71.1 Å². The standard InChI is InChI=1S/C21H18ClN3O2/c22-17-6-4-5-15(13-17)9-11-24-20(26)16-10-12-23-19(14-16)21(27)25-18-7-2-1-3-8-18/h1-8,10,12-14H,9,11H2,(H,24,26)(H,25,27). The summed E-state index contributed by atoms with van der Waals surface area (Å²) in [5.41, 5.74) is 2.27. The highest BCUT2D eigenvalue weighted by molar-refractivity contribution is 6.30. The van der Waals surface area contributed by atoms with E-state index < -0.39 is 0 Å².